The molecule has 3 saturated carbocycles. The summed E-state index contributed by atoms with van der Waals surface area (Å²) in [7, 11) is 0. The minimum Gasteiger partial charge on any atom is -0.346 e. The number of likely N-dealkylation sites (tertiary alicyclic amines) is 2. The van der Waals surface area contributed by atoms with E-state index in [2.05, 4.69) is 27.8 Å². The number of hydrogen-bond donors (Lipinski definition) is 4. The minimum atomic E-state index is -1.02. The molecule has 0 aromatic rings. The molecule has 5 aliphatic rings. The summed E-state index contributed by atoms with van der Waals surface area (Å²) in [5, 5.41) is 11.6. The molecule has 13 nitrogen and oxygen atoms in total. The molecule has 2 aliphatic heterocycles. The number of carbonyl (C=O) groups is 7. The number of rotatable bonds is 15. The highest BCUT2D eigenvalue weighted by atomic mass is 16.2. The number of carbonyl (C=O) groups excluding carboxylic acids is 7. The third kappa shape index (κ3) is 10.2. The van der Waals surface area contributed by atoms with Crippen LogP contribution in [0.1, 0.15) is 138 Å². The molecule has 0 bridgehead atoms. The number of imide groups is 1. The highest BCUT2D eigenvalue weighted by Crippen LogP contribution is 2.47. The molecule has 4 N–H and O–H groups in total. The molecule has 0 aromatic heterocycles. The van der Waals surface area contributed by atoms with Crippen molar-refractivity contribution < 1.29 is 33.6 Å². The second-order valence-electron chi connectivity index (χ2n) is 19.4. The van der Waals surface area contributed by atoms with Gasteiger partial charge in [0.15, 0.2) is 0 Å². The summed E-state index contributed by atoms with van der Waals surface area (Å²) in [6, 6.07) is -4.03. The molecular weight excluding hydrogens is 713 g/mol. The van der Waals surface area contributed by atoms with Crippen LogP contribution in [0.5, 0.6) is 0 Å². The van der Waals surface area contributed by atoms with Gasteiger partial charge in [0.2, 0.25) is 29.4 Å². The molecule has 56 heavy (non-hydrogen) atoms. The van der Waals surface area contributed by atoms with E-state index in [1.54, 1.807) is 4.90 Å². The van der Waals surface area contributed by atoms with E-state index in [-0.39, 0.29) is 54.0 Å². The molecule has 2 saturated heterocycles. The SMILES string of the molecule is C=CCNC(=O)C(=O)C(CC1CC1)NC(=O)[C@@H]1[C@@H](C(C)C)CCN1C(=O)[C@@H](NC(=O)N[C@H](CN1C(=O)CC2(CCCC2)CC1=O)C(C)(C)C)C1(C)CCCCC1. The number of nitrogens with zero attached hydrogens (tertiary/aromatic N) is 2. The standard InChI is InChI=1S/C43H68N6O7/c1-8-21-44-38(54)35(52)30(23-28-14-15-28)45-37(53)34-29(27(2)3)16-22-48(34)39(55)36(42(7)17-10-9-11-18-42)47-40(56)46-31(41(4,5)6)26-49-32(50)24-43(25-33(49)51)19-12-13-20-43/h8,27-31,34,36H,1,9-26H2,2-7H3,(H,44,54)(H,45,53)(H2,46,47,56)/t29-,30?,31-,34+,36-/m1/s1. The molecule has 0 aromatic carbocycles. The van der Waals surface area contributed by atoms with Gasteiger partial charge >= 0.3 is 6.03 Å². The Kier molecular flexibility index (Phi) is 13.8. The molecule has 5 atom stereocenters. The molecule has 3 aliphatic carbocycles. The Balaban J connectivity index is 1.36. The maximum absolute atomic E-state index is 15.0. The highest BCUT2D eigenvalue weighted by Gasteiger charge is 2.51. The number of nitrogens with one attached hydrogen (secondary N) is 4. The summed E-state index contributed by atoms with van der Waals surface area (Å²) in [6.07, 6.45) is 13.0. The Morgan fingerprint density at radius 1 is 0.875 bits per heavy atom. The summed E-state index contributed by atoms with van der Waals surface area (Å²) in [6.45, 7) is 16.0. The van der Waals surface area contributed by atoms with Gasteiger partial charge < -0.3 is 26.2 Å². The number of piperidine rings is 1. The Morgan fingerprint density at radius 3 is 2.04 bits per heavy atom. The molecule has 5 fully saturated rings. The Bertz CT molecular complexity index is 1500. The van der Waals surface area contributed by atoms with Crippen LogP contribution >= 0.6 is 0 Å². The van der Waals surface area contributed by atoms with Crippen molar-refractivity contribution in [2.45, 2.75) is 162 Å². The van der Waals surface area contributed by atoms with Crippen LogP contribution in [0, 0.1) is 34.0 Å². The zero-order chi connectivity index (χ0) is 41.0. The first-order valence-electron chi connectivity index (χ1n) is 21.3. The quantitative estimate of drug-likeness (QED) is 0.105. The first kappa shape index (κ1) is 43.4. The third-order valence-electron chi connectivity index (χ3n) is 13.6. The normalized spacial score (nSPS) is 25.1. The lowest BCUT2D eigenvalue weighted by Crippen LogP contribution is -2.64. The van der Waals surface area contributed by atoms with Gasteiger partial charge in [0.25, 0.3) is 5.91 Å². The Morgan fingerprint density at radius 2 is 1.48 bits per heavy atom. The predicted molar refractivity (Wildman–Crippen MR) is 213 cm³/mol. The van der Waals surface area contributed by atoms with E-state index >= 15 is 0 Å². The van der Waals surface area contributed by atoms with Crippen molar-refractivity contribution in [1.29, 1.82) is 0 Å². The summed E-state index contributed by atoms with van der Waals surface area (Å²) < 4.78 is 0. The van der Waals surface area contributed by atoms with E-state index in [1.165, 1.54) is 11.0 Å². The van der Waals surface area contributed by atoms with Gasteiger partial charge in [-0.25, -0.2) is 4.79 Å². The average molecular weight is 781 g/mol. The van der Waals surface area contributed by atoms with Gasteiger partial charge in [0.1, 0.15) is 12.1 Å². The molecule has 0 radical (unpaired) electrons. The summed E-state index contributed by atoms with van der Waals surface area (Å²) >= 11 is 0. The smallest absolute Gasteiger partial charge is 0.315 e. The van der Waals surface area contributed by atoms with E-state index in [9.17, 15) is 33.6 Å². The van der Waals surface area contributed by atoms with E-state index in [4.69, 9.17) is 0 Å². The molecule has 7 amide bonds. The molecule has 5 rings (SSSR count). The summed E-state index contributed by atoms with van der Waals surface area (Å²) in [5.74, 6) is -2.63. The molecular formula is C43H68N6O7. The van der Waals surface area contributed by atoms with Gasteiger partial charge in [0.05, 0.1) is 12.1 Å². The third-order valence-corrected chi connectivity index (χ3v) is 13.6. The van der Waals surface area contributed by atoms with E-state index in [0.717, 1.165) is 57.8 Å². The van der Waals surface area contributed by atoms with Crippen LogP contribution in [0.3, 0.4) is 0 Å². The van der Waals surface area contributed by atoms with Crippen molar-refractivity contribution in [3.05, 3.63) is 12.7 Å². The second kappa shape index (κ2) is 17.8. The van der Waals surface area contributed by atoms with Crippen molar-refractivity contribution in [2.24, 2.45) is 34.0 Å². The summed E-state index contributed by atoms with van der Waals surface area (Å²) in [4.78, 5) is 99.2. The average Bonchev–Trinajstić information content (AvgIpc) is 3.65. The number of Topliss-reactive ketones (excluding diaryl/α,β-unsaturated/α-hetero) is 1. The monoisotopic (exact) mass is 781 g/mol. The Hall–Kier alpha value is -3.77. The number of hydrogen-bond acceptors (Lipinski definition) is 7. The molecule has 1 spiro atoms. The molecule has 13 heteroatoms. The van der Waals surface area contributed by atoms with Gasteiger partial charge in [-0.05, 0) is 72.5 Å². The van der Waals surface area contributed by atoms with Gasteiger partial charge in [-0.3, -0.25) is 33.7 Å². The van der Waals surface area contributed by atoms with Crippen LogP contribution in [0.25, 0.3) is 0 Å². The lowest BCUT2D eigenvalue weighted by atomic mass is 9.70. The van der Waals surface area contributed by atoms with Gasteiger partial charge in [-0.1, -0.05) is 92.6 Å². The van der Waals surface area contributed by atoms with Crippen molar-refractivity contribution in [3.8, 4) is 0 Å². The van der Waals surface area contributed by atoms with Gasteiger partial charge in [-0.15, -0.1) is 6.58 Å². The number of amides is 7. The van der Waals surface area contributed by atoms with Crippen molar-refractivity contribution in [2.75, 3.05) is 19.6 Å². The fourth-order valence-corrected chi connectivity index (χ4v) is 9.80. The predicted octanol–water partition coefficient (Wildman–Crippen LogP) is 4.78. The highest BCUT2D eigenvalue weighted by molar-refractivity contribution is 6.38. The summed E-state index contributed by atoms with van der Waals surface area (Å²) in [5.41, 5.74) is -1.36. The molecule has 1 unspecified atom stereocenters. The van der Waals surface area contributed by atoms with E-state index in [0.29, 0.717) is 45.1 Å². The van der Waals surface area contributed by atoms with Crippen molar-refractivity contribution in [3.63, 3.8) is 0 Å². The largest absolute Gasteiger partial charge is 0.346 e. The van der Waals surface area contributed by atoms with Crippen molar-refractivity contribution in [1.82, 2.24) is 31.1 Å². The number of urea groups is 1. The lowest BCUT2D eigenvalue weighted by molar-refractivity contribution is -0.154. The first-order valence-corrected chi connectivity index (χ1v) is 21.3. The van der Waals surface area contributed by atoms with Gasteiger partial charge in [0, 0.05) is 32.5 Å². The minimum absolute atomic E-state index is 0.0355. The topological polar surface area (TPSA) is 174 Å². The first-order chi connectivity index (χ1) is 26.4. The maximum Gasteiger partial charge on any atom is 0.315 e. The Labute approximate surface area is 333 Å². The van der Waals surface area contributed by atoms with Gasteiger partial charge in [-0.2, -0.15) is 0 Å². The van der Waals surface area contributed by atoms with Crippen LogP contribution in [0.2, 0.25) is 0 Å². The van der Waals surface area contributed by atoms with Crippen LogP contribution in [-0.4, -0.2) is 95.0 Å². The van der Waals surface area contributed by atoms with E-state index < -0.39 is 58.6 Å². The molecule has 312 valence electrons. The van der Waals surface area contributed by atoms with Crippen molar-refractivity contribution >= 4 is 41.4 Å². The number of ketones is 1. The zero-order valence-electron chi connectivity index (χ0n) is 34.8. The fourth-order valence-electron chi connectivity index (χ4n) is 9.80. The van der Waals surface area contributed by atoms with Crippen LogP contribution in [-0.2, 0) is 28.8 Å². The van der Waals surface area contributed by atoms with Crippen LogP contribution < -0.4 is 21.3 Å². The molecule has 2 heterocycles. The second-order valence-corrected chi connectivity index (χ2v) is 19.4. The maximum atomic E-state index is 15.0. The van der Waals surface area contributed by atoms with E-state index in [1.807, 2.05) is 41.5 Å². The fraction of sp³-hybridized carbons (Fsp3) is 0.791. The lowest BCUT2D eigenvalue weighted by Gasteiger charge is -2.43. The van der Waals surface area contributed by atoms with Crippen LogP contribution in [0.15, 0.2) is 12.7 Å². The van der Waals surface area contributed by atoms with Crippen LogP contribution in [0.4, 0.5) is 4.79 Å². The zero-order valence-corrected chi connectivity index (χ0v) is 34.8.